The molecular formula is C20H18F6N4O3S. The number of rotatable bonds is 6. The summed E-state index contributed by atoms with van der Waals surface area (Å²) in [7, 11) is -9.87. The zero-order chi connectivity index (χ0) is 25.1. The molecule has 1 fully saturated rings. The lowest BCUT2D eigenvalue weighted by molar-refractivity contribution is -0.133. The lowest BCUT2D eigenvalue weighted by atomic mass is 9.92. The van der Waals surface area contributed by atoms with Crippen molar-refractivity contribution >= 4 is 27.2 Å². The maximum atomic E-state index is 13.2. The number of fused-ring (bicyclic) bond motifs is 1. The zero-order valence-electron chi connectivity index (χ0n) is 17.2. The van der Waals surface area contributed by atoms with Gasteiger partial charge in [0.2, 0.25) is 0 Å². The third kappa shape index (κ3) is 4.23. The number of benzene rings is 1. The number of hydrogen-bond acceptors (Lipinski definition) is 5. The fraction of sp³-hybridized carbons (Fsp3) is 0.250. The van der Waals surface area contributed by atoms with Crippen molar-refractivity contribution in [3.05, 3.63) is 60.2 Å². The van der Waals surface area contributed by atoms with Gasteiger partial charge in [0, 0.05) is 30.6 Å². The molecule has 0 bridgehead atoms. The molecule has 7 nitrogen and oxygen atoms in total. The highest BCUT2D eigenvalue weighted by atomic mass is 32.5. The summed E-state index contributed by atoms with van der Waals surface area (Å²) < 4.78 is 79.7. The van der Waals surface area contributed by atoms with Gasteiger partial charge in [0.1, 0.15) is 11.0 Å². The summed E-state index contributed by atoms with van der Waals surface area (Å²) in [6, 6.07) is 3.52. The molecule has 1 aromatic carbocycles. The smallest absolute Gasteiger partial charge is 0.310 e. The average Bonchev–Trinajstić information content (AvgIpc) is 3.10. The quantitative estimate of drug-likeness (QED) is 0.378. The van der Waals surface area contributed by atoms with E-state index >= 15 is 0 Å². The Morgan fingerprint density at radius 1 is 1.15 bits per heavy atom. The largest absolute Gasteiger partial charge is 0.393 e. The van der Waals surface area contributed by atoms with E-state index in [2.05, 4.69) is 16.7 Å². The van der Waals surface area contributed by atoms with Crippen LogP contribution in [0.5, 0.6) is 0 Å². The van der Waals surface area contributed by atoms with Crippen LogP contribution in [0.1, 0.15) is 23.3 Å². The second-order valence-electron chi connectivity index (χ2n) is 7.87. The maximum absolute atomic E-state index is 13.2. The molecule has 1 saturated heterocycles. The summed E-state index contributed by atoms with van der Waals surface area (Å²) in [4.78, 5) is 15.0. The minimum atomic E-state index is -9.87. The van der Waals surface area contributed by atoms with Crippen molar-refractivity contribution in [1.29, 1.82) is 0 Å². The van der Waals surface area contributed by atoms with Gasteiger partial charge in [0.25, 0.3) is 5.91 Å². The summed E-state index contributed by atoms with van der Waals surface area (Å²) in [5, 5.41) is 24.3. The highest BCUT2D eigenvalue weighted by Gasteiger charge is 2.65. The summed E-state index contributed by atoms with van der Waals surface area (Å²) in [6.45, 7) is 2.38. The molecule has 0 aliphatic carbocycles. The van der Waals surface area contributed by atoms with Crippen LogP contribution in [-0.2, 0) is 4.79 Å². The van der Waals surface area contributed by atoms with Crippen molar-refractivity contribution < 1.29 is 38.8 Å². The van der Waals surface area contributed by atoms with Gasteiger partial charge >= 0.3 is 10.2 Å². The van der Waals surface area contributed by atoms with Gasteiger partial charge in [-0.2, -0.15) is 5.10 Å². The Morgan fingerprint density at radius 3 is 2.29 bits per heavy atom. The first-order valence-electron chi connectivity index (χ1n) is 9.75. The Bertz CT molecular complexity index is 1310. The minimum Gasteiger partial charge on any atom is -0.393 e. The SMILES string of the molecule is C=C(F)C(=O)N1CC(c2nn(-c3ccc(S(F)(F)(F)(F)F)cc3)c3nccc(C(O)CO)c23)C1. The van der Waals surface area contributed by atoms with Crippen molar-refractivity contribution in [3.8, 4) is 5.69 Å². The van der Waals surface area contributed by atoms with E-state index in [-0.39, 0.29) is 53.2 Å². The van der Waals surface area contributed by atoms with Crippen LogP contribution in [0.15, 0.2) is 53.8 Å². The number of aliphatic hydroxyl groups is 2. The number of carbonyl (C=O) groups excluding carboxylic acids is 1. The molecule has 1 amide bonds. The molecule has 2 aromatic heterocycles. The van der Waals surface area contributed by atoms with Gasteiger partial charge in [-0.3, -0.25) is 4.79 Å². The highest BCUT2D eigenvalue weighted by molar-refractivity contribution is 8.45. The molecule has 1 unspecified atom stereocenters. The number of aliphatic hydroxyl groups excluding tert-OH is 2. The number of likely N-dealkylation sites (tertiary alicyclic amines) is 1. The molecule has 1 aliphatic rings. The Labute approximate surface area is 188 Å². The Hall–Kier alpha value is -3.10. The van der Waals surface area contributed by atoms with E-state index in [0.717, 1.165) is 16.8 Å². The minimum absolute atomic E-state index is 0.0191. The molecule has 3 heterocycles. The first-order chi connectivity index (χ1) is 15.6. The average molecular weight is 508 g/mol. The van der Waals surface area contributed by atoms with Crippen molar-refractivity contribution in [2.75, 3.05) is 19.7 Å². The van der Waals surface area contributed by atoms with Crippen LogP contribution in [0.25, 0.3) is 16.7 Å². The monoisotopic (exact) mass is 508 g/mol. The molecule has 0 spiro atoms. The van der Waals surface area contributed by atoms with Crippen LogP contribution >= 0.6 is 10.2 Å². The fourth-order valence-electron chi connectivity index (χ4n) is 3.77. The standard InChI is InChI=1S/C20H18F6N4O3S/c1-11(21)20(33)29-8-12(9-29)18-17-15(16(32)10-31)6-7-27-19(17)30(28-18)13-2-4-14(5-3-13)34(22,23,24,25)26/h2-7,12,16,31-32H,1,8-10H2. The predicted octanol–water partition coefficient (Wildman–Crippen LogP) is 4.51. The first-order valence-corrected chi connectivity index (χ1v) is 11.7. The van der Waals surface area contributed by atoms with Crippen molar-refractivity contribution in [3.63, 3.8) is 0 Å². The first kappa shape index (κ1) is 24.0. The van der Waals surface area contributed by atoms with Crippen molar-refractivity contribution in [2.45, 2.75) is 16.9 Å². The molecule has 34 heavy (non-hydrogen) atoms. The van der Waals surface area contributed by atoms with E-state index in [1.54, 1.807) is 0 Å². The fourth-order valence-corrected chi connectivity index (χ4v) is 4.42. The van der Waals surface area contributed by atoms with Gasteiger partial charge in [-0.05, 0) is 35.9 Å². The molecule has 0 radical (unpaired) electrons. The Balaban J connectivity index is 1.82. The second kappa shape index (κ2) is 7.20. The van der Waals surface area contributed by atoms with Crippen LogP contribution in [0.2, 0.25) is 0 Å². The predicted molar refractivity (Wildman–Crippen MR) is 112 cm³/mol. The van der Waals surface area contributed by atoms with Gasteiger partial charge in [-0.15, -0.1) is 0 Å². The van der Waals surface area contributed by atoms with Crippen LogP contribution in [0.3, 0.4) is 0 Å². The van der Waals surface area contributed by atoms with E-state index < -0.39 is 45.5 Å². The maximum Gasteiger partial charge on any atom is 0.310 e. The summed E-state index contributed by atoms with van der Waals surface area (Å²) >= 11 is 0. The van der Waals surface area contributed by atoms with Crippen LogP contribution < -0.4 is 0 Å². The van der Waals surface area contributed by atoms with E-state index in [1.165, 1.54) is 17.2 Å². The van der Waals surface area contributed by atoms with Gasteiger partial charge in [0.05, 0.1) is 18.0 Å². The molecule has 184 valence electrons. The number of amides is 1. The van der Waals surface area contributed by atoms with Crippen LogP contribution in [0, 0.1) is 0 Å². The topological polar surface area (TPSA) is 91.5 Å². The van der Waals surface area contributed by atoms with Gasteiger partial charge in [-0.25, -0.2) is 14.1 Å². The molecule has 1 aliphatic heterocycles. The number of carbonyl (C=O) groups is 1. The number of nitrogens with zero attached hydrogens (tertiary/aromatic N) is 4. The van der Waals surface area contributed by atoms with E-state index in [0.29, 0.717) is 0 Å². The third-order valence-corrected chi connectivity index (χ3v) is 6.64. The number of halogens is 6. The molecular weight excluding hydrogens is 490 g/mol. The lowest BCUT2D eigenvalue weighted by Crippen LogP contribution is -2.48. The summed E-state index contributed by atoms with van der Waals surface area (Å²) in [5.74, 6) is -2.50. The number of aromatic nitrogens is 3. The highest BCUT2D eigenvalue weighted by Crippen LogP contribution is 3.02. The summed E-state index contributed by atoms with van der Waals surface area (Å²) in [6.07, 6.45) is -0.0634. The molecule has 4 rings (SSSR count). The zero-order valence-corrected chi connectivity index (χ0v) is 18.0. The lowest BCUT2D eigenvalue weighted by Gasteiger charge is -2.40. The second-order valence-corrected chi connectivity index (χ2v) is 10.3. The Kier molecular flexibility index (Phi) is 5.09. The Morgan fingerprint density at radius 2 is 1.76 bits per heavy atom. The van der Waals surface area contributed by atoms with Gasteiger partial charge < -0.3 is 15.1 Å². The molecule has 14 heteroatoms. The van der Waals surface area contributed by atoms with E-state index in [1.807, 2.05) is 0 Å². The molecule has 2 N–H and O–H groups in total. The summed E-state index contributed by atoms with van der Waals surface area (Å²) in [5.41, 5.74) is 0.571. The van der Waals surface area contributed by atoms with Crippen molar-refractivity contribution in [1.82, 2.24) is 19.7 Å². The number of hydrogen-bond donors (Lipinski definition) is 2. The molecule has 0 saturated carbocycles. The van der Waals surface area contributed by atoms with Crippen molar-refractivity contribution in [2.24, 2.45) is 0 Å². The van der Waals surface area contributed by atoms with Crippen LogP contribution in [0.4, 0.5) is 23.8 Å². The third-order valence-electron chi connectivity index (χ3n) is 5.47. The van der Waals surface area contributed by atoms with Crippen LogP contribution in [-0.4, -0.2) is 55.5 Å². The van der Waals surface area contributed by atoms with E-state index in [4.69, 9.17) is 0 Å². The number of pyridine rings is 1. The molecule has 1 atom stereocenters. The van der Waals surface area contributed by atoms with Gasteiger partial charge in [0.15, 0.2) is 11.5 Å². The molecule has 3 aromatic rings. The van der Waals surface area contributed by atoms with Gasteiger partial charge in [-0.1, -0.05) is 26.0 Å². The van der Waals surface area contributed by atoms with E-state index in [9.17, 15) is 38.8 Å². The normalized spacial score (nSPS) is 17.7.